The summed E-state index contributed by atoms with van der Waals surface area (Å²) in [4.78, 5) is 32.2. The van der Waals surface area contributed by atoms with Crippen molar-refractivity contribution in [1.29, 1.82) is 0 Å². The number of hydrogen-bond acceptors (Lipinski definition) is 6. The van der Waals surface area contributed by atoms with Gasteiger partial charge in [-0.1, -0.05) is 35.4 Å². The highest BCUT2D eigenvalue weighted by atomic mass is 35.5. The molecule has 8 heteroatoms. The van der Waals surface area contributed by atoms with Crippen LogP contribution in [0.1, 0.15) is 33.9 Å². The molecular formula is C27H25ClN2O5. The fourth-order valence-electron chi connectivity index (χ4n) is 4.28. The van der Waals surface area contributed by atoms with Crippen LogP contribution in [0.3, 0.4) is 0 Å². The summed E-state index contributed by atoms with van der Waals surface area (Å²) in [6.45, 7) is 4.12. The highest BCUT2D eigenvalue weighted by Crippen LogP contribution is 2.43. The van der Waals surface area contributed by atoms with Crippen LogP contribution in [-0.4, -0.2) is 40.9 Å². The number of pyridine rings is 1. The largest absolute Gasteiger partial charge is 0.507 e. The standard InChI is InChI=1S/C27H25ClN2O5/c1-15-5-6-16(2)18(11-15)14-30-24(17-7-9-29-10-8-17)23(26(32)27(30)33)25(31)19-12-22(35-4)20(28)13-21(19)34-3/h5-13,24,31H,14H2,1-4H3/b25-23+. The number of likely N-dealkylation sites (tertiary alicyclic amines) is 1. The van der Waals surface area contributed by atoms with Gasteiger partial charge in [-0.25, -0.2) is 0 Å². The smallest absolute Gasteiger partial charge is 0.295 e. The number of carbonyl (C=O) groups excluding carboxylic acids is 2. The first-order valence-electron chi connectivity index (χ1n) is 10.9. The third-order valence-electron chi connectivity index (χ3n) is 6.14. The number of hydrogen-bond donors (Lipinski definition) is 1. The summed E-state index contributed by atoms with van der Waals surface area (Å²) in [7, 11) is 2.87. The molecule has 1 atom stereocenters. The average molecular weight is 493 g/mol. The lowest BCUT2D eigenvalue weighted by Crippen LogP contribution is -2.29. The van der Waals surface area contributed by atoms with Crippen LogP contribution in [0.25, 0.3) is 5.76 Å². The maximum Gasteiger partial charge on any atom is 0.295 e. The van der Waals surface area contributed by atoms with Crippen molar-refractivity contribution in [2.24, 2.45) is 0 Å². The Hall–Kier alpha value is -3.84. The Morgan fingerprint density at radius 3 is 2.37 bits per heavy atom. The van der Waals surface area contributed by atoms with E-state index in [1.165, 1.54) is 31.3 Å². The van der Waals surface area contributed by atoms with Crippen molar-refractivity contribution in [3.8, 4) is 11.5 Å². The van der Waals surface area contributed by atoms with Gasteiger partial charge >= 0.3 is 0 Å². The zero-order valence-corrected chi connectivity index (χ0v) is 20.6. The average Bonchev–Trinajstić information content (AvgIpc) is 3.11. The fourth-order valence-corrected chi connectivity index (χ4v) is 4.51. The van der Waals surface area contributed by atoms with Crippen molar-refractivity contribution in [3.05, 3.63) is 93.3 Å². The summed E-state index contributed by atoms with van der Waals surface area (Å²) in [6, 6.07) is 11.6. The van der Waals surface area contributed by atoms with E-state index in [1.807, 2.05) is 32.0 Å². The van der Waals surface area contributed by atoms with Crippen molar-refractivity contribution >= 4 is 29.1 Å². The van der Waals surface area contributed by atoms with E-state index in [4.69, 9.17) is 21.1 Å². The van der Waals surface area contributed by atoms with E-state index in [1.54, 1.807) is 24.5 Å². The van der Waals surface area contributed by atoms with Gasteiger partial charge in [0.15, 0.2) is 0 Å². The molecule has 1 fully saturated rings. The number of nitrogens with zero attached hydrogens (tertiary/aromatic N) is 2. The van der Waals surface area contributed by atoms with Gasteiger partial charge in [-0.2, -0.15) is 0 Å². The lowest BCUT2D eigenvalue weighted by Gasteiger charge is -2.26. The third-order valence-corrected chi connectivity index (χ3v) is 6.43. The molecule has 0 aliphatic carbocycles. The molecule has 1 amide bonds. The van der Waals surface area contributed by atoms with Crippen LogP contribution >= 0.6 is 11.6 Å². The lowest BCUT2D eigenvalue weighted by atomic mass is 9.95. The second kappa shape index (κ2) is 9.80. The third kappa shape index (κ3) is 4.47. The van der Waals surface area contributed by atoms with Crippen LogP contribution < -0.4 is 9.47 Å². The van der Waals surface area contributed by atoms with Gasteiger partial charge in [0.2, 0.25) is 0 Å². The molecule has 7 nitrogen and oxygen atoms in total. The number of aryl methyl sites for hydroxylation is 2. The number of methoxy groups -OCH3 is 2. The van der Waals surface area contributed by atoms with Gasteiger partial charge in [0.05, 0.1) is 36.4 Å². The maximum atomic E-state index is 13.4. The predicted octanol–water partition coefficient (Wildman–Crippen LogP) is 4.99. The minimum Gasteiger partial charge on any atom is -0.507 e. The van der Waals surface area contributed by atoms with Gasteiger partial charge < -0.3 is 19.5 Å². The first-order chi connectivity index (χ1) is 16.8. The Kier molecular flexibility index (Phi) is 6.80. The molecule has 4 rings (SSSR count). The number of halogens is 1. The molecule has 1 aliphatic rings. The molecular weight excluding hydrogens is 468 g/mol. The van der Waals surface area contributed by atoms with Crippen molar-refractivity contribution in [1.82, 2.24) is 9.88 Å². The Bertz CT molecular complexity index is 1340. The molecule has 1 saturated heterocycles. The predicted molar refractivity (Wildman–Crippen MR) is 133 cm³/mol. The molecule has 35 heavy (non-hydrogen) atoms. The molecule has 1 N–H and O–H groups in total. The molecule has 1 aliphatic heterocycles. The zero-order chi connectivity index (χ0) is 25.3. The lowest BCUT2D eigenvalue weighted by molar-refractivity contribution is -0.140. The van der Waals surface area contributed by atoms with Crippen molar-refractivity contribution in [2.45, 2.75) is 26.4 Å². The second-order valence-corrected chi connectivity index (χ2v) is 8.73. The number of benzene rings is 2. The van der Waals surface area contributed by atoms with Crippen LogP contribution in [0, 0.1) is 13.8 Å². The zero-order valence-electron chi connectivity index (χ0n) is 19.8. The van der Waals surface area contributed by atoms with Crippen LogP contribution in [0.2, 0.25) is 5.02 Å². The molecule has 1 aromatic heterocycles. The van der Waals surface area contributed by atoms with Crippen LogP contribution in [0.15, 0.2) is 60.4 Å². The number of ketones is 1. The molecule has 0 saturated carbocycles. The Morgan fingerprint density at radius 1 is 1.03 bits per heavy atom. The molecule has 2 aromatic carbocycles. The summed E-state index contributed by atoms with van der Waals surface area (Å²) in [5, 5.41) is 11.7. The molecule has 3 aromatic rings. The molecule has 0 bridgehead atoms. The molecule has 0 radical (unpaired) electrons. The fraction of sp³-hybridized carbons (Fsp3) is 0.222. The number of aliphatic hydroxyl groups is 1. The first-order valence-corrected chi connectivity index (χ1v) is 11.3. The van der Waals surface area contributed by atoms with Gasteiger partial charge in [0.1, 0.15) is 17.3 Å². The van der Waals surface area contributed by atoms with E-state index < -0.39 is 17.7 Å². The summed E-state index contributed by atoms with van der Waals surface area (Å²) >= 11 is 6.22. The number of Topliss-reactive ketones (excluding diaryl/α,β-unsaturated/α-hetero) is 1. The summed E-state index contributed by atoms with van der Waals surface area (Å²) in [6.07, 6.45) is 3.17. The van der Waals surface area contributed by atoms with Crippen LogP contribution in [0.4, 0.5) is 0 Å². The van der Waals surface area contributed by atoms with Gasteiger partial charge in [0.25, 0.3) is 11.7 Å². The van der Waals surface area contributed by atoms with E-state index >= 15 is 0 Å². The topological polar surface area (TPSA) is 89.0 Å². The Balaban J connectivity index is 1.92. The van der Waals surface area contributed by atoms with Crippen molar-refractivity contribution in [3.63, 3.8) is 0 Å². The minimum atomic E-state index is -0.829. The molecule has 180 valence electrons. The van der Waals surface area contributed by atoms with E-state index in [-0.39, 0.29) is 34.2 Å². The van der Waals surface area contributed by atoms with E-state index in [9.17, 15) is 14.7 Å². The minimum absolute atomic E-state index is 0.0471. The van der Waals surface area contributed by atoms with Crippen molar-refractivity contribution < 1.29 is 24.2 Å². The normalized spacial score (nSPS) is 17.1. The molecule has 0 spiro atoms. The van der Waals surface area contributed by atoms with Gasteiger partial charge in [-0.3, -0.25) is 14.6 Å². The SMILES string of the molecule is COc1cc(/C(O)=C2\C(=O)C(=O)N(Cc3cc(C)ccc3C)C2c2ccncc2)c(OC)cc1Cl. The monoisotopic (exact) mass is 492 g/mol. The van der Waals surface area contributed by atoms with Gasteiger partial charge in [0, 0.05) is 25.0 Å². The van der Waals surface area contributed by atoms with E-state index in [0.29, 0.717) is 11.3 Å². The van der Waals surface area contributed by atoms with Gasteiger partial charge in [-0.15, -0.1) is 0 Å². The second-order valence-electron chi connectivity index (χ2n) is 8.32. The quantitative estimate of drug-likeness (QED) is 0.296. The summed E-state index contributed by atoms with van der Waals surface area (Å²) in [5.41, 5.74) is 3.74. The first kappa shape index (κ1) is 24.3. The van der Waals surface area contributed by atoms with E-state index in [2.05, 4.69) is 4.98 Å². The highest BCUT2D eigenvalue weighted by molar-refractivity contribution is 6.46. The van der Waals surface area contributed by atoms with Gasteiger partial charge in [-0.05, 0) is 48.7 Å². The van der Waals surface area contributed by atoms with E-state index in [0.717, 1.165) is 16.7 Å². The number of carbonyl (C=O) groups is 2. The Labute approximate surface area is 208 Å². The maximum absolute atomic E-state index is 13.4. The number of ether oxygens (including phenoxy) is 2. The van der Waals surface area contributed by atoms with Crippen LogP contribution in [0.5, 0.6) is 11.5 Å². The number of rotatable bonds is 6. The summed E-state index contributed by atoms with van der Waals surface area (Å²) < 4.78 is 10.7. The Morgan fingerprint density at radius 2 is 1.71 bits per heavy atom. The highest BCUT2D eigenvalue weighted by Gasteiger charge is 2.46. The molecule has 2 heterocycles. The molecule has 1 unspecified atom stereocenters. The number of amides is 1. The number of aromatic nitrogens is 1. The van der Waals surface area contributed by atoms with Crippen molar-refractivity contribution in [2.75, 3.05) is 14.2 Å². The van der Waals surface area contributed by atoms with Crippen LogP contribution in [-0.2, 0) is 16.1 Å². The number of aliphatic hydroxyl groups excluding tert-OH is 1. The summed E-state index contributed by atoms with van der Waals surface area (Å²) in [5.74, 6) is -1.33.